The maximum absolute atomic E-state index is 12.2. The van der Waals surface area contributed by atoms with E-state index < -0.39 is 0 Å². The number of benzene rings is 2. The zero-order valence-electron chi connectivity index (χ0n) is 11.5. The summed E-state index contributed by atoms with van der Waals surface area (Å²) in [5, 5.41) is 0. The van der Waals surface area contributed by atoms with E-state index in [0.717, 1.165) is 11.3 Å². The third-order valence-electron chi connectivity index (χ3n) is 2.89. The lowest BCUT2D eigenvalue weighted by Crippen LogP contribution is -1.98. The highest BCUT2D eigenvalue weighted by Gasteiger charge is 2.07. The predicted octanol–water partition coefficient (Wildman–Crippen LogP) is 3.60. The van der Waals surface area contributed by atoms with Crippen molar-refractivity contribution in [1.29, 1.82) is 0 Å². The predicted molar refractivity (Wildman–Crippen MR) is 79.4 cm³/mol. The zero-order chi connectivity index (χ0) is 14.4. The van der Waals surface area contributed by atoms with E-state index in [-0.39, 0.29) is 5.78 Å². The molecule has 0 amide bonds. The Morgan fingerprint density at radius 1 is 1.00 bits per heavy atom. The highest BCUT2D eigenvalue weighted by Crippen LogP contribution is 2.19. The summed E-state index contributed by atoms with van der Waals surface area (Å²) in [4.78, 5) is 12.2. The van der Waals surface area contributed by atoms with Gasteiger partial charge in [0.05, 0.1) is 19.8 Å². The summed E-state index contributed by atoms with van der Waals surface area (Å²) >= 11 is 0. The van der Waals surface area contributed by atoms with Crippen LogP contribution in [-0.4, -0.2) is 20.0 Å². The first-order chi connectivity index (χ1) is 9.74. The molecule has 2 aromatic rings. The molecule has 102 valence electrons. The van der Waals surface area contributed by atoms with Crippen molar-refractivity contribution in [3.05, 3.63) is 65.7 Å². The maximum Gasteiger partial charge on any atom is 0.189 e. The molecule has 0 fully saturated rings. The summed E-state index contributed by atoms with van der Waals surface area (Å²) in [6.07, 6.45) is 3.30. The summed E-state index contributed by atoms with van der Waals surface area (Å²) in [6, 6.07) is 14.7. The summed E-state index contributed by atoms with van der Waals surface area (Å²) in [5.74, 6) is 1.25. The summed E-state index contributed by atoms with van der Waals surface area (Å²) in [7, 11) is 3.17. The lowest BCUT2D eigenvalue weighted by molar-refractivity contribution is 0.104. The van der Waals surface area contributed by atoms with Crippen LogP contribution in [0, 0.1) is 0 Å². The molecular formula is C17H16O3. The average molecular weight is 268 g/mol. The first kappa shape index (κ1) is 13.9. The molecule has 0 aromatic heterocycles. The van der Waals surface area contributed by atoms with Crippen molar-refractivity contribution in [2.45, 2.75) is 0 Å². The monoisotopic (exact) mass is 268 g/mol. The van der Waals surface area contributed by atoms with Gasteiger partial charge in [0.2, 0.25) is 0 Å². The summed E-state index contributed by atoms with van der Waals surface area (Å²) in [5.41, 5.74) is 1.46. The molecule has 0 unspecified atom stereocenters. The third kappa shape index (κ3) is 3.26. The fraction of sp³-hybridized carbons (Fsp3) is 0.118. The lowest BCUT2D eigenvalue weighted by atomic mass is 10.1. The van der Waals surface area contributed by atoms with Crippen molar-refractivity contribution in [3.63, 3.8) is 0 Å². The molecule has 0 saturated heterocycles. The Balaban J connectivity index is 2.20. The highest BCUT2D eigenvalue weighted by atomic mass is 16.5. The minimum atomic E-state index is -0.0923. The van der Waals surface area contributed by atoms with Crippen LogP contribution in [0.15, 0.2) is 54.6 Å². The van der Waals surface area contributed by atoms with Crippen LogP contribution in [-0.2, 0) is 0 Å². The van der Waals surface area contributed by atoms with Gasteiger partial charge in [-0.1, -0.05) is 30.3 Å². The number of ether oxygens (including phenoxy) is 2. The van der Waals surface area contributed by atoms with Gasteiger partial charge in [-0.2, -0.15) is 0 Å². The molecule has 0 saturated carbocycles. The van der Waals surface area contributed by atoms with E-state index in [1.54, 1.807) is 32.4 Å². The number of para-hydroxylation sites is 1. The molecule has 0 aliphatic heterocycles. The molecule has 0 spiro atoms. The van der Waals surface area contributed by atoms with Gasteiger partial charge >= 0.3 is 0 Å². The van der Waals surface area contributed by atoms with Gasteiger partial charge in [-0.3, -0.25) is 4.79 Å². The Hall–Kier alpha value is -2.55. The Morgan fingerprint density at radius 3 is 2.55 bits per heavy atom. The van der Waals surface area contributed by atoms with Gasteiger partial charge in [0.15, 0.2) is 5.78 Å². The standard InChI is InChI=1S/C17H16O3/c1-19-14-7-5-6-13(12-14)10-11-16(18)15-8-3-4-9-17(15)20-2/h3-12H,1-2H3/b11-10+. The molecule has 0 aliphatic carbocycles. The average Bonchev–Trinajstić information content (AvgIpc) is 2.52. The van der Waals surface area contributed by atoms with E-state index in [1.807, 2.05) is 36.4 Å². The van der Waals surface area contributed by atoms with Crippen LogP contribution in [0.1, 0.15) is 15.9 Å². The molecular weight excluding hydrogens is 252 g/mol. The number of carbonyl (C=O) groups excluding carboxylic acids is 1. The second-order valence-electron chi connectivity index (χ2n) is 4.17. The van der Waals surface area contributed by atoms with Crippen molar-refractivity contribution in [1.82, 2.24) is 0 Å². The van der Waals surface area contributed by atoms with Gasteiger partial charge < -0.3 is 9.47 Å². The summed E-state index contributed by atoms with van der Waals surface area (Å²) in [6.45, 7) is 0. The SMILES string of the molecule is COc1cccc(/C=C/C(=O)c2ccccc2OC)c1. The number of carbonyl (C=O) groups is 1. The second kappa shape index (κ2) is 6.57. The molecule has 3 heteroatoms. The van der Waals surface area contributed by atoms with Crippen LogP contribution in [0.5, 0.6) is 11.5 Å². The van der Waals surface area contributed by atoms with Gasteiger partial charge in [0.1, 0.15) is 11.5 Å². The second-order valence-corrected chi connectivity index (χ2v) is 4.17. The fourth-order valence-electron chi connectivity index (χ4n) is 1.86. The molecule has 2 aromatic carbocycles. The Kier molecular flexibility index (Phi) is 4.56. The lowest BCUT2D eigenvalue weighted by Gasteiger charge is -2.04. The van der Waals surface area contributed by atoms with Crippen LogP contribution < -0.4 is 9.47 Å². The molecule has 20 heavy (non-hydrogen) atoms. The van der Waals surface area contributed by atoms with E-state index >= 15 is 0 Å². The molecule has 0 atom stereocenters. The van der Waals surface area contributed by atoms with Crippen LogP contribution in [0.4, 0.5) is 0 Å². The number of ketones is 1. The van der Waals surface area contributed by atoms with Crippen LogP contribution in [0.2, 0.25) is 0 Å². The number of rotatable bonds is 5. The maximum atomic E-state index is 12.2. The van der Waals surface area contributed by atoms with Gasteiger partial charge in [0.25, 0.3) is 0 Å². The van der Waals surface area contributed by atoms with E-state index in [2.05, 4.69) is 0 Å². The molecule has 0 heterocycles. The van der Waals surface area contributed by atoms with Crippen molar-refractivity contribution >= 4 is 11.9 Å². The van der Waals surface area contributed by atoms with Gasteiger partial charge in [-0.25, -0.2) is 0 Å². The van der Waals surface area contributed by atoms with E-state index in [9.17, 15) is 4.79 Å². The number of hydrogen-bond donors (Lipinski definition) is 0. The molecule has 0 aliphatic rings. The first-order valence-electron chi connectivity index (χ1n) is 6.24. The number of allylic oxidation sites excluding steroid dienone is 1. The van der Waals surface area contributed by atoms with Crippen molar-refractivity contribution < 1.29 is 14.3 Å². The van der Waals surface area contributed by atoms with Gasteiger partial charge in [-0.05, 0) is 35.9 Å². The van der Waals surface area contributed by atoms with Gasteiger partial charge in [0, 0.05) is 0 Å². The van der Waals surface area contributed by atoms with E-state index in [1.165, 1.54) is 6.08 Å². The number of methoxy groups -OCH3 is 2. The van der Waals surface area contributed by atoms with E-state index in [0.29, 0.717) is 11.3 Å². The summed E-state index contributed by atoms with van der Waals surface area (Å²) < 4.78 is 10.3. The Labute approximate surface area is 118 Å². The molecule has 0 radical (unpaired) electrons. The van der Waals surface area contributed by atoms with Gasteiger partial charge in [-0.15, -0.1) is 0 Å². The minimum absolute atomic E-state index is 0.0923. The van der Waals surface area contributed by atoms with Crippen molar-refractivity contribution in [3.8, 4) is 11.5 Å². The molecule has 3 nitrogen and oxygen atoms in total. The fourth-order valence-corrected chi connectivity index (χ4v) is 1.86. The normalized spacial score (nSPS) is 10.5. The Morgan fingerprint density at radius 2 is 1.80 bits per heavy atom. The van der Waals surface area contributed by atoms with E-state index in [4.69, 9.17) is 9.47 Å². The first-order valence-corrected chi connectivity index (χ1v) is 6.24. The quantitative estimate of drug-likeness (QED) is 0.614. The van der Waals surface area contributed by atoms with Crippen LogP contribution >= 0.6 is 0 Å². The highest BCUT2D eigenvalue weighted by molar-refractivity contribution is 6.08. The molecule has 0 N–H and O–H groups in total. The van der Waals surface area contributed by atoms with Crippen molar-refractivity contribution in [2.24, 2.45) is 0 Å². The topological polar surface area (TPSA) is 35.5 Å². The van der Waals surface area contributed by atoms with Crippen LogP contribution in [0.25, 0.3) is 6.08 Å². The molecule has 2 rings (SSSR count). The molecule has 0 bridgehead atoms. The Bertz CT molecular complexity index is 630. The largest absolute Gasteiger partial charge is 0.497 e. The third-order valence-corrected chi connectivity index (χ3v) is 2.89. The minimum Gasteiger partial charge on any atom is -0.497 e. The zero-order valence-corrected chi connectivity index (χ0v) is 11.5. The smallest absolute Gasteiger partial charge is 0.189 e. The van der Waals surface area contributed by atoms with Crippen LogP contribution in [0.3, 0.4) is 0 Å². The van der Waals surface area contributed by atoms with Crippen molar-refractivity contribution in [2.75, 3.05) is 14.2 Å². The number of hydrogen-bond acceptors (Lipinski definition) is 3.